The lowest BCUT2D eigenvalue weighted by atomic mass is 9.86. The van der Waals surface area contributed by atoms with Crippen LogP contribution in [0.2, 0.25) is 0 Å². The van der Waals surface area contributed by atoms with Crippen molar-refractivity contribution in [1.82, 2.24) is 0 Å². The molecule has 2 nitrogen and oxygen atoms in total. The van der Waals surface area contributed by atoms with Crippen LogP contribution in [0.3, 0.4) is 0 Å². The van der Waals surface area contributed by atoms with Crippen LogP contribution in [-0.4, -0.2) is 19.3 Å². The Balaban J connectivity index is 1.85. The molecule has 0 spiro atoms. The molecule has 1 aliphatic rings. The number of ether oxygens (including phenoxy) is 1. The van der Waals surface area contributed by atoms with Crippen molar-refractivity contribution in [3.8, 4) is 0 Å². The summed E-state index contributed by atoms with van der Waals surface area (Å²) in [5.41, 5.74) is 5.51. The van der Waals surface area contributed by atoms with E-state index in [9.17, 15) is 0 Å². The molecule has 0 unspecified atom stereocenters. The summed E-state index contributed by atoms with van der Waals surface area (Å²) in [6.45, 7) is 3.62. The van der Waals surface area contributed by atoms with E-state index >= 15 is 0 Å². The van der Waals surface area contributed by atoms with E-state index in [2.05, 4.69) is 0 Å². The van der Waals surface area contributed by atoms with Gasteiger partial charge in [-0.3, -0.25) is 0 Å². The Labute approximate surface area is 62.7 Å². The van der Waals surface area contributed by atoms with Gasteiger partial charge in [0.2, 0.25) is 0 Å². The summed E-state index contributed by atoms with van der Waals surface area (Å²) < 4.78 is 5.37. The zero-order chi connectivity index (χ0) is 7.40. The molecule has 0 radical (unpaired) electrons. The van der Waals surface area contributed by atoms with Crippen molar-refractivity contribution in [2.75, 3.05) is 13.2 Å². The number of hydrogen-bond acceptors (Lipinski definition) is 2. The normalized spacial score (nSPS) is 22.2. The highest BCUT2D eigenvalue weighted by Gasteiger charge is 2.16. The van der Waals surface area contributed by atoms with Crippen molar-refractivity contribution in [2.45, 2.75) is 32.2 Å². The summed E-state index contributed by atoms with van der Waals surface area (Å²) in [5, 5.41) is 0. The maximum Gasteiger partial charge on any atom is 0.0614 e. The molecule has 0 aromatic rings. The Morgan fingerprint density at radius 2 is 2.30 bits per heavy atom. The average Bonchev–Trinajstić information content (AvgIpc) is 1.75. The van der Waals surface area contributed by atoms with Crippen LogP contribution >= 0.6 is 0 Å². The molecule has 2 N–H and O–H groups in total. The highest BCUT2D eigenvalue weighted by molar-refractivity contribution is 4.68. The van der Waals surface area contributed by atoms with Gasteiger partial charge < -0.3 is 10.5 Å². The van der Waals surface area contributed by atoms with Crippen LogP contribution in [0.5, 0.6) is 0 Å². The van der Waals surface area contributed by atoms with Gasteiger partial charge in [-0.25, -0.2) is 0 Å². The van der Waals surface area contributed by atoms with Crippen molar-refractivity contribution >= 4 is 0 Å². The molecule has 1 rings (SSSR count). The SMILES string of the molecule is C[C@@H](N)COCC1CCC1. The van der Waals surface area contributed by atoms with Crippen LogP contribution < -0.4 is 5.73 Å². The Hall–Kier alpha value is -0.0800. The summed E-state index contributed by atoms with van der Waals surface area (Å²) in [4.78, 5) is 0. The highest BCUT2D eigenvalue weighted by atomic mass is 16.5. The molecule has 0 aromatic carbocycles. The summed E-state index contributed by atoms with van der Waals surface area (Å²) in [5.74, 6) is 0.846. The lowest BCUT2D eigenvalue weighted by Crippen LogP contribution is -2.25. The van der Waals surface area contributed by atoms with Crippen molar-refractivity contribution in [2.24, 2.45) is 11.7 Å². The highest BCUT2D eigenvalue weighted by Crippen LogP contribution is 2.26. The molecule has 1 fully saturated rings. The van der Waals surface area contributed by atoms with Crippen molar-refractivity contribution in [3.63, 3.8) is 0 Å². The predicted molar refractivity (Wildman–Crippen MR) is 41.8 cm³/mol. The minimum Gasteiger partial charge on any atom is -0.380 e. The third-order valence-electron chi connectivity index (χ3n) is 1.96. The topological polar surface area (TPSA) is 35.2 Å². The zero-order valence-electron chi connectivity index (χ0n) is 6.68. The van der Waals surface area contributed by atoms with Gasteiger partial charge >= 0.3 is 0 Å². The number of hydrogen-bond donors (Lipinski definition) is 1. The first-order chi connectivity index (χ1) is 4.79. The molecule has 1 saturated carbocycles. The van der Waals surface area contributed by atoms with E-state index < -0.39 is 0 Å². The van der Waals surface area contributed by atoms with Gasteiger partial charge in [-0.2, -0.15) is 0 Å². The summed E-state index contributed by atoms with van der Waals surface area (Å²) in [7, 11) is 0. The van der Waals surface area contributed by atoms with E-state index in [4.69, 9.17) is 10.5 Å². The monoisotopic (exact) mass is 143 g/mol. The molecule has 1 atom stereocenters. The summed E-state index contributed by atoms with van der Waals surface area (Å²) >= 11 is 0. The second kappa shape index (κ2) is 3.94. The fourth-order valence-electron chi connectivity index (χ4n) is 1.08. The molecule has 0 amide bonds. The predicted octanol–water partition coefficient (Wildman–Crippen LogP) is 1.15. The second-order valence-corrected chi connectivity index (χ2v) is 3.31. The molecular weight excluding hydrogens is 126 g/mol. The van der Waals surface area contributed by atoms with E-state index in [1.807, 2.05) is 6.92 Å². The lowest BCUT2D eigenvalue weighted by Gasteiger charge is -2.25. The Kier molecular flexibility index (Phi) is 3.16. The molecule has 0 bridgehead atoms. The Morgan fingerprint density at radius 3 is 2.70 bits per heavy atom. The smallest absolute Gasteiger partial charge is 0.0614 e. The van der Waals surface area contributed by atoms with Gasteiger partial charge in [0.1, 0.15) is 0 Å². The largest absolute Gasteiger partial charge is 0.380 e. The van der Waals surface area contributed by atoms with Crippen molar-refractivity contribution in [1.29, 1.82) is 0 Å². The van der Waals surface area contributed by atoms with Crippen molar-refractivity contribution < 1.29 is 4.74 Å². The van der Waals surface area contributed by atoms with E-state index in [-0.39, 0.29) is 6.04 Å². The quantitative estimate of drug-likeness (QED) is 0.640. The molecule has 10 heavy (non-hydrogen) atoms. The Morgan fingerprint density at radius 1 is 1.60 bits per heavy atom. The third-order valence-corrected chi connectivity index (χ3v) is 1.96. The lowest BCUT2D eigenvalue weighted by molar-refractivity contribution is 0.0643. The van der Waals surface area contributed by atoms with Crippen LogP contribution in [0.25, 0.3) is 0 Å². The molecule has 0 aromatic heterocycles. The molecule has 1 aliphatic carbocycles. The Bertz CT molecular complexity index is 89.3. The average molecular weight is 143 g/mol. The maximum absolute atomic E-state index is 5.51. The maximum atomic E-state index is 5.51. The van der Waals surface area contributed by atoms with Crippen LogP contribution in [0, 0.1) is 5.92 Å². The van der Waals surface area contributed by atoms with E-state index in [0.717, 1.165) is 19.1 Å². The second-order valence-electron chi connectivity index (χ2n) is 3.31. The fourth-order valence-corrected chi connectivity index (χ4v) is 1.08. The zero-order valence-corrected chi connectivity index (χ0v) is 6.68. The van der Waals surface area contributed by atoms with Crippen molar-refractivity contribution in [3.05, 3.63) is 0 Å². The third kappa shape index (κ3) is 2.67. The van der Waals surface area contributed by atoms with Gasteiger partial charge in [0.25, 0.3) is 0 Å². The fraction of sp³-hybridized carbons (Fsp3) is 1.00. The minimum atomic E-state index is 0.195. The molecule has 0 heterocycles. The van der Waals surface area contributed by atoms with Gasteiger partial charge in [0, 0.05) is 12.6 Å². The van der Waals surface area contributed by atoms with Gasteiger partial charge in [-0.15, -0.1) is 0 Å². The summed E-state index contributed by atoms with van der Waals surface area (Å²) in [6, 6.07) is 0.195. The molecule has 2 heteroatoms. The van der Waals surface area contributed by atoms with E-state index in [0.29, 0.717) is 0 Å². The molecule has 0 aliphatic heterocycles. The summed E-state index contributed by atoms with van der Waals surface area (Å²) in [6.07, 6.45) is 4.12. The van der Waals surface area contributed by atoms with Crippen LogP contribution in [0.15, 0.2) is 0 Å². The van der Waals surface area contributed by atoms with Gasteiger partial charge in [-0.1, -0.05) is 6.42 Å². The van der Waals surface area contributed by atoms with Gasteiger partial charge in [-0.05, 0) is 25.7 Å². The first-order valence-corrected chi connectivity index (χ1v) is 4.12. The standard InChI is InChI=1S/C8H17NO/c1-7(9)5-10-6-8-3-2-4-8/h7-8H,2-6,9H2,1H3/t7-/m1/s1. The number of nitrogens with two attached hydrogens (primary N) is 1. The van der Waals surface area contributed by atoms with Crippen LogP contribution in [0.4, 0.5) is 0 Å². The first-order valence-electron chi connectivity index (χ1n) is 4.12. The molecular formula is C8H17NO. The number of rotatable bonds is 4. The van der Waals surface area contributed by atoms with Crippen LogP contribution in [0.1, 0.15) is 26.2 Å². The molecule has 60 valence electrons. The molecule has 0 saturated heterocycles. The first kappa shape index (κ1) is 8.02. The minimum absolute atomic E-state index is 0.195. The van der Waals surface area contributed by atoms with E-state index in [1.165, 1.54) is 19.3 Å². The van der Waals surface area contributed by atoms with Gasteiger partial charge in [0.15, 0.2) is 0 Å². The van der Waals surface area contributed by atoms with Gasteiger partial charge in [0.05, 0.1) is 6.61 Å². The van der Waals surface area contributed by atoms with E-state index in [1.54, 1.807) is 0 Å². The van der Waals surface area contributed by atoms with Crippen LogP contribution in [-0.2, 0) is 4.74 Å².